The van der Waals surface area contributed by atoms with E-state index in [9.17, 15) is 0 Å². The molecule has 0 radical (unpaired) electrons. The van der Waals surface area contributed by atoms with Crippen molar-refractivity contribution in [1.29, 1.82) is 0 Å². The van der Waals surface area contributed by atoms with E-state index < -0.39 is 0 Å². The van der Waals surface area contributed by atoms with Gasteiger partial charge >= 0.3 is 0 Å². The Bertz CT molecular complexity index is 284. The molecule has 3 nitrogen and oxygen atoms in total. The second kappa shape index (κ2) is 4.98. The molecule has 0 amide bonds. The summed E-state index contributed by atoms with van der Waals surface area (Å²) in [5.41, 5.74) is 13.9. The quantitative estimate of drug-likeness (QED) is 0.753. The number of hydrogen-bond acceptors (Lipinski definition) is 3. The molecule has 0 heterocycles. The fourth-order valence-electron chi connectivity index (χ4n) is 1.54. The van der Waals surface area contributed by atoms with Crippen LogP contribution in [0.2, 0.25) is 0 Å². The molecule has 0 spiro atoms. The van der Waals surface area contributed by atoms with E-state index in [4.69, 9.17) is 11.5 Å². The molecule has 1 aromatic rings. The maximum atomic E-state index is 6.04. The molecule has 0 aliphatic carbocycles. The van der Waals surface area contributed by atoms with Crippen LogP contribution in [-0.4, -0.2) is 20.6 Å². The monoisotopic (exact) mass is 193 g/mol. The Morgan fingerprint density at radius 1 is 1.29 bits per heavy atom. The van der Waals surface area contributed by atoms with Gasteiger partial charge in [-0.2, -0.15) is 0 Å². The summed E-state index contributed by atoms with van der Waals surface area (Å²) in [4.78, 5) is 2.08. The smallest absolute Gasteiger partial charge is 0.0409 e. The molecule has 1 rings (SSSR count). The second-order valence-corrected chi connectivity index (χ2v) is 3.64. The van der Waals surface area contributed by atoms with Crippen molar-refractivity contribution in [3.63, 3.8) is 0 Å². The predicted octanol–water partition coefficient (Wildman–Crippen LogP) is 1.10. The van der Waals surface area contributed by atoms with Crippen molar-refractivity contribution in [3.8, 4) is 0 Å². The number of nitrogens with two attached hydrogens (primary N) is 2. The van der Waals surface area contributed by atoms with Crippen molar-refractivity contribution in [1.82, 2.24) is 0 Å². The fraction of sp³-hybridized carbons (Fsp3) is 0.455. The lowest BCUT2D eigenvalue weighted by atomic mass is 10.0. The molecular weight excluding hydrogens is 174 g/mol. The summed E-state index contributed by atoms with van der Waals surface area (Å²) < 4.78 is 0. The van der Waals surface area contributed by atoms with E-state index in [0.717, 1.165) is 6.42 Å². The molecule has 14 heavy (non-hydrogen) atoms. The molecule has 0 saturated carbocycles. The summed E-state index contributed by atoms with van der Waals surface area (Å²) >= 11 is 0. The third-order valence-corrected chi connectivity index (χ3v) is 2.30. The van der Waals surface area contributed by atoms with Crippen LogP contribution < -0.4 is 16.4 Å². The first-order chi connectivity index (χ1) is 6.66. The molecule has 3 heteroatoms. The van der Waals surface area contributed by atoms with E-state index >= 15 is 0 Å². The average molecular weight is 193 g/mol. The van der Waals surface area contributed by atoms with E-state index in [1.807, 2.05) is 26.2 Å². The van der Waals surface area contributed by atoms with E-state index in [1.54, 1.807) is 0 Å². The second-order valence-electron chi connectivity index (χ2n) is 3.64. The largest absolute Gasteiger partial charge is 0.377 e. The number of para-hydroxylation sites is 1. The van der Waals surface area contributed by atoms with Gasteiger partial charge in [-0.25, -0.2) is 0 Å². The van der Waals surface area contributed by atoms with Gasteiger partial charge < -0.3 is 16.4 Å². The molecule has 0 aliphatic heterocycles. The molecule has 0 saturated heterocycles. The molecule has 78 valence electrons. The standard InChI is InChI=1S/C11H19N3/c1-14(2)11-6-4-3-5-9(11)10(13)7-8-12/h3-6,10H,7-8,12-13H2,1-2H3. The topological polar surface area (TPSA) is 55.3 Å². The van der Waals surface area contributed by atoms with Crippen LogP contribution in [0, 0.1) is 0 Å². The molecule has 1 aromatic carbocycles. The highest BCUT2D eigenvalue weighted by Crippen LogP contribution is 2.24. The minimum atomic E-state index is 0.0404. The van der Waals surface area contributed by atoms with E-state index in [0.29, 0.717) is 6.54 Å². The van der Waals surface area contributed by atoms with E-state index in [2.05, 4.69) is 17.0 Å². The van der Waals surface area contributed by atoms with Gasteiger partial charge in [-0.3, -0.25) is 0 Å². The molecule has 4 N–H and O–H groups in total. The molecule has 1 atom stereocenters. The Balaban J connectivity index is 2.94. The number of nitrogens with zero attached hydrogens (tertiary/aromatic N) is 1. The summed E-state index contributed by atoms with van der Waals surface area (Å²) in [7, 11) is 4.04. The maximum absolute atomic E-state index is 6.04. The van der Waals surface area contributed by atoms with Gasteiger partial charge in [0.2, 0.25) is 0 Å². The Morgan fingerprint density at radius 2 is 1.93 bits per heavy atom. The average Bonchev–Trinajstić information content (AvgIpc) is 2.18. The minimum absolute atomic E-state index is 0.0404. The van der Waals surface area contributed by atoms with E-state index in [-0.39, 0.29) is 6.04 Å². The van der Waals surface area contributed by atoms with Gasteiger partial charge in [-0.15, -0.1) is 0 Å². The van der Waals surface area contributed by atoms with E-state index in [1.165, 1.54) is 11.3 Å². The maximum Gasteiger partial charge on any atom is 0.0409 e. The van der Waals surface area contributed by atoms with Crippen molar-refractivity contribution < 1.29 is 0 Å². The summed E-state index contributed by atoms with van der Waals surface area (Å²) in [6, 6.07) is 8.22. The van der Waals surface area contributed by atoms with Crippen LogP contribution >= 0.6 is 0 Å². The Hall–Kier alpha value is -1.06. The first-order valence-corrected chi connectivity index (χ1v) is 4.88. The Morgan fingerprint density at radius 3 is 2.50 bits per heavy atom. The summed E-state index contributed by atoms with van der Waals surface area (Å²) in [6.45, 7) is 0.628. The van der Waals surface area contributed by atoms with Gasteiger partial charge in [0, 0.05) is 25.8 Å². The third-order valence-electron chi connectivity index (χ3n) is 2.30. The van der Waals surface area contributed by atoms with Crippen LogP contribution in [-0.2, 0) is 0 Å². The Kier molecular flexibility index (Phi) is 3.92. The van der Waals surface area contributed by atoms with Crippen LogP contribution in [0.5, 0.6) is 0 Å². The molecule has 0 bridgehead atoms. The zero-order valence-corrected chi connectivity index (χ0v) is 8.90. The lowest BCUT2D eigenvalue weighted by Gasteiger charge is -2.21. The minimum Gasteiger partial charge on any atom is -0.377 e. The molecular formula is C11H19N3. The Labute approximate surface area is 85.7 Å². The number of rotatable bonds is 4. The van der Waals surface area contributed by atoms with Crippen molar-refractivity contribution in [3.05, 3.63) is 29.8 Å². The van der Waals surface area contributed by atoms with Gasteiger partial charge in [-0.05, 0) is 24.6 Å². The summed E-state index contributed by atoms with van der Waals surface area (Å²) in [5, 5.41) is 0. The number of benzene rings is 1. The molecule has 0 aromatic heterocycles. The van der Waals surface area contributed by atoms with Crippen molar-refractivity contribution >= 4 is 5.69 Å². The predicted molar refractivity (Wildman–Crippen MR) is 61.4 cm³/mol. The van der Waals surface area contributed by atoms with Gasteiger partial charge in [0.25, 0.3) is 0 Å². The third kappa shape index (κ3) is 2.47. The lowest BCUT2D eigenvalue weighted by Crippen LogP contribution is -2.19. The number of anilines is 1. The molecule has 0 aliphatic rings. The molecule has 1 unspecified atom stereocenters. The van der Waals surface area contributed by atoms with Crippen LogP contribution in [0.15, 0.2) is 24.3 Å². The molecule has 0 fully saturated rings. The normalized spacial score (nSPS) is 12.6. The van der Waals surface area contributed by atoms with Crippen LogP contribution in [0.4, 0.5) is 5.69 Å². The summed E-state index contributed by atoms with van der Waals surface area (Å²) in [6.07, 6.45) is 0.824. The van der Waals surface area contributed by atoms with Gasteiger partial charge in [0.15, 0.2) is 0 Å². The van der Waals surface area contributed by atoms with Gasteiger partial charge in [0.1, 0.15) is 0 Å². The fourth-order valence-corrected chi connectivity index (χ4v) is 1.54. The van der Waals surface area contributed by atoms with Crippen molar-refractivity contribution in [2.24, 2.45) is 11.5 Å². The highest BCUT2D eigenvalue weighted by Gasteiger charge is 2.10. The zero-order valence-electron chi connectivity index (χ0n) is 8.90. The zero-order chi connectivity index (χ0) is 10.6. The van der Waals surface area contributed by atoms with Crippen LogP contribution in [0.25, 0.3) is 0 Å². The SMILES string of the molecule is CN(C)c1ccccc1C(N)CCN. The van der Waals surface area contributed by atoms with Crippen molar-refractivity contribution in [2.75, 3.05) is 25.5 Å². The number of hydrogen-bond donors (Lipinski definition) is 2. The van der Waals surface area contributed by atoms with Crippen LogP contribution in [0.1, 0.15) is 18.0 Å². The van der Waals surface area contributed by atoms with Crippen LogP contribution in [0.3, 0.4) is 0 Å². The van der Waals surface area contributed by atoms with Gasteiger partial charge in [0.05, 0.1) is 0 Å². The lowest BCUT2D eigenvalue weighted by molar-refractivity contribution is 0.660. The van der Waals surface area contributed by atoms with Crippen molar-refractivity contribution in [2.45, 2.75) is 12.5 Å². The first-order valence-electron chi connectivity index (χ1n) is 4.88. The summed E-state index contributed by atoms with van der Waals surface area (Å²) in [5.74, 6) is 0. The first kappa shape index (κ1) is 11.0. The highest BCUT2D eigenvalue weighted by molar-refractivity contribution is 5.53. The van der Waals surface area contributed by atoms with Gasteiger partial charge in [-0.1, -0.05) is 18.2 Å². The highest BCUT2D eigenvalue weighted by atomic mass is 15.1.